The standard InChI is InChI=1S/C13H20/c1-10(2)13(11(3)4)12-8-6-5-7-9-12/h6-11H,5H2,1-4H3. The summed E-state index contributed by atoms with van der Waals surface area (Å²) in [4.78, 5) is 0. The molecule has 0 N–H and O–H groups in total. The lowest BCUT2D eigenvalue weighted by Gasteiger charge is -2.19. The molecule has 0 radical (unpaired) electrons. The summed E-state index contributed by atoms with van der Waals surface area (Å²) in [6, 6.07) is 0. The summed E-state index contributed by atoms with van der Waals surface area (Å²) in [5.41, 5.74) is 3.00. The van der Waals surface area contributed by atoms with Gasteiger partial charge in [0.15, 0.2) is 0 Å². The third kappa shape index (κ3) is 2.58. The van der Waals surface area contributed by atoms with E-state index in [1.54, 1.807) is 5.57 Å². The van der Waals surface area contributed by atoms with Crippen molar-refractivity contribution in [3.63, 3.8) is 0 Å². The van der Waals surface area contributed by atoms with E-state index in [4.69, 9.17) is 0 Å². The SMILES string of the molecule is CC(C)C(=C1C=CCC=C1)C(C)C. The predicted molar refractivity (Wildman–Crippen MR) is 59.6 cm³/mol. The average Bonchev–Trinajstić information content (AvgIpc) is 2.04. The largest absolute Gasteiger partial charge is 0.0801 e. The van der Waals surface area contributed by atoms with Gasteiger partial charge in [0.1, 0.15) is 0 Å². The fourth-order valence-electron chi connectivity index (χ4n) is 2.05. The molecule has 0 heterocycles. The second-order valence-electron chi connectivity index (χ2n) is 4.26. The van der Waals surface area contributed by atoms with E-state index in [0.29, 0.717) is 11.8 Å². The summed E-state index contributed by atoms with van der Waals surface area (Å²) in [6.45, 7) is 9.11. The Morgan fingerprint density at radius 3 is 1.85 bits per heavy atom. The molecular weight excluding hydrogens is 156 g/mol. The first-order valence-corrected chi connectivity index (χ1v) is 5.20. The lowest BCUT2D eigenvalue weighted by molar-refractivity contribution is 0.620. The molecule has 0 bridgehead atoms. The molecule has 0 amide bonds. The van der Waals surface area contributed by atoms with Gasteiger partial charge in [0.25, 0.3) is 0 Å². The zero-order valence-electron chi connectivity index (χ0n) is 9.17. The van der Waals surface area contributed by atoms with Crippen molar-refractivity contribution < 1.29 is 0 Å². The molecule has 0 spiro atoms. The first-order valence-electron chi connectivity index (χ1n) is 5.20. The predicted octanol–water partition coefficient (Wildman–Crippen LogP) is 4.11. The van der Waals surface area contributed by atoms with Crippen molar-refractivity contribution in [2.24, 2.45) is 11.8 Å². The van der Waals surface area contributed by atoms with Crippen LogP contribution in [0.5, 0.6) is 0 Å². The first-order chi connectivity index (χ1) is 6.13. The lowest BCUT2D eigenvalue weighted by Crippen LogP contribution is -2.05. The first kappa shape index (κ1) is 10.3. The Morgan fingerprint density at radius 1 is 1.00 bits per heavy atom. The third-order valence-electron chi connectivity index (χ3n) is 2.44. The Bertz CT molecular complexity index is 225. The Morgan fingerprint density at radius 2 is 1.46 bits per heavy atom. The minimum absolute atomic E-state index is 0.655. The summed E-state index contributed by atoms with van der Waals surface area (Å²) in [6.07, 6.45) is 10.1. The van der Waals surface area contributed by atoms with E-state index in [0.717, 1.165) is 6.42 Å². The molecule has 0 atom stereocenters. The van der Waals surface area contributed by atoms with Crippen LogP contribution in [0.25, 0.3) is 0 Å². The number of allylic oxidation sites excluding steroid dienone is 6. The van der Waals surface area contributed by atoms with Gasteiger partial charge in [0, 0.05) is 0 Å². The summed E-state index contributed by atoms with van der Waals surface area (Å²) < 4.78 is 0. The maximum atomic E-state index is 2.28. The van der Waals surface area contributed by atoms with Crippen LogP contribution in [0.3, 0.4) is 0 Å². The Hall–Kier alpha value is -0.780. The maximum absolute atomic E-state index is 2.28. The highest BCUT2D eigenvalue weighted by Crippen LogP contribution is 2.26. The molecule has 1 rings (SSSR count). The van der Waals surface area contributed by atoms with Gasteiger partial charge in [-0.3, -0.25) is 0 Å². The van der Waals surface area contributed by atoms with Gasteiger partial charge < -0.3 is 0 Å². The summed E-state index contributed by atoms with van der Waals surface area (Å²) in [5, 5.41) is 0. The van der Waals surface area contributed by atoms with Crippen molar-refractivity contribution in [3.8, 4) is 0 Å². The molecule has 0 aliphatic heterocycles. The van der Waals surface area contributed by atoms with Gasteiger partial charge in [-0.05, 0) is 23.8 Å². The normalized spacial score (nSPS) is 16.0. The van der Waals surface area contributed by atoms with Gasteiger partial charge in [-0.2, -0.15) is 0 Å². The molecule has 72 valence electrons. The van der Waals surface area contributed by atoms with E-state index in [-0.39, 0.29) is 0 Å². The van der Waals surface area contributed by atoms with Crippen molar-refractivity contribution in [2.75, 3.05) is 0 Å². The zero-order valence-corrected chi connectivity index (χ0v) is 9.17. The van der Waals surface area contributed by atoms with Crippen molar-refractivity contribution >= 4 is 0 Å². The van der Waals surface area contributed by atoms with E-state index >= 15 is 0 Å². The van der Waals surface area contributed by atoms with Crippen LogP contribution in [-0.4, -0.2) is 0 Å². The smallest absolute Gasteiger partial charge is 0.0163 e. The van der Waals surface area contributed by atoms with Crippen molar-refractivity contribution in [1.29, 1.82) is 0 Å². The highest BCUT2D eigenvalue weighted by Gasteiger charge is 2.11. The molecule has 0 aromatic rings. The lowest BCUT2D eigenvalue weighted by atomic mass is 9.87. The quantitative estimate of drug-likeness (QED) is 0.594. The van der Waals surface area contributed by atoms with Crippen LogP contribution < -0.4 is 0 Å². The van der Waals surface area contributed by atoms with E-state index in [9.17, 15) is 0 Å². The highest BCUT2D eigenvalue weighted by atomic mass is 14.2. The molecule has 0 heteroatoms. The van der Waals surface area contributed by atoms with Crippen LogP contribution in [0, 0.1) is 11.8 Å². The van der Waals surface area contributed by atoms with Gasteiger partial charge in [-0.15, -0.1) is 0 Å². The second-order valence-corrected chi connectivity index (χ2v) is 4.26. The highest BCUT2D eigenvalue weighted by molar-refractivity contribution is 5.40. The molecule has 13 heavy (non-hydrogen) atoms. The molecule has 0 nitrogen and oxygen atoms in total. The van der Waals surface area contributed by atoms with Gasteiger partial charge >= 0.3 is 0 Å². The number of rotatable bonds is 2. The molecule has 0 saturated carbocycles. The van der Waals surface area contributed by atoms with Gasteiger partial charge in [-0.25, -0.2) is 0 Å². The molecule has 1 aliphatic carbocycles. The molecule has 0 saturated heterocycles. The van der Waals surface area contributed by atoms with E-state index in [1.807, 2.05) is 0 Å². The van der Waals surface area contributed by atoms with E-state index in [1.165, 1.54) is 5.57 Å². The van der Waals surface area contributed by atoms with Gasteiger partial charge in [0.05, 0.1) is 0 Å². The van der Waals surface area contributed by atoms with Crippen molar-refractivity contribution in [3.05, 3.63) is 35.5 Å². The minimum Gasteiger partial charge on any atom is -0.0801 e. The zero-order chi connectivity index (χ0) is 9.84. The van der Waals surface area contributed by atoms with E-state index in [2.05, 4.69) is 52.0 Å². The van der Waals surface area contributed by atoms with Crippen molar-refractivity contribution in [2.45, 2.75) is 34.1 Å². The molecular formula is C13H20. The summed E-state index contributed by atoms with van der Waals surface area (Å²) >= 11 is 0. The second kappa shape index (κ2) is 4.45. The van der Waals surface area contributed by atoms with Crippen molar-refractivity contribution in [1.82, 2.24) is 0 Å². The number of hydrogen-bond acceptors (Lipinski definition) is 0. The Kier molecular flexibility index (Phi) is 3.53. The van der Waals surface area contributed by atoms with Crippen LogP contribution in [0.15, 0.2) is 35.5 Å². The molecule has 0 aromatic carbocycles. The minimum atomic E-state index is 0.655. The maximum Gasteiger partial charge on any atom is -0.0163 e. The monoisotopic (exact) mass is 176 g/mol. The third-order valence-corrected chi connectivity index (χ3v) is 2.44. The fraction of sp³-hybridized carbons (Fsp3) is 0.538. The Labute approximate surface area is 82.0 Å². The topological polar surface area (TPSA) is 0 Å². The molecule has 0 fully saturated rings. The Balaban J connectivity index is 3.01. The summed E-state index contributed by atoms with van der Waals surface area (Å²) in [7, 11) is 0. The summed E-state index contributed by atoms with van der Waals surface area (Å²) in [5.74, 6) is 1.31. The van der Waals surface area contributed by atoms with Crippen LogP contribution in [0.1, 0.15) is 34.1 Å². The molecule has 0 unspecified atom stereocenters. The molecule has 0 aromatic heterocycles. The van der Waals surface area contributed by atoms with Crippen LogP contribution in [0.4, 0.5) is 0 Å². The fourth-order valence-corrected chi connectivity index (χ4v) is 2.05. The van der Waals surface area contributed by atoms with Crippen LogP contribution >= 0.6 is 0 Å². The van der Waals surface area contributed by atoms with Crippen LogP contribution in [-0.2, 0) is 0 Å². The average molecular weight is 176 g/mol. The van der Waals surface area contributed by atoms with Crippen LogP contribution in [0.2, 0.25) is 0 Å². The van der Waals surface area contributed by atoms with Gasteiger partial charge in [-0.1, -0.05) is 57.6 Å². The number of hydrogen-bond donors (Lipinski definition) is 0. The van der Waals surface area contributed by atoms with Gasteiger partial charge in [0.2, 0.25) is 0 Å². The molecule has 1 aliphatic rings. The van der Waals surface area contributed by atoms with E-state index < -0.39 is 0 Å².